The molecule has 0 saturated heterocycles. The average molecular weight is 626 g/mol. The molecule has 0 aliphatic rings. The van der Waals surface area contributed by atoms with E-state index in [2.05, 4.69) is 6.92 Å². The number of nitrogens with zero attached hydrogens (tertiary/aromatic N) is 3. The van der Waals surface area contributed by atoms with Crippen molar-refractivity contribution in [3.63, 3.8) is 0 Å². The van der Waals surface area contributed by atoms with E-state index in [9.17, 15) is 52.8 Å². The number of alkyl halides is 6. The molecule has 0 spiro atoms. The Balaban J connectivity index is 0.000000459. The average Bonchev–Trinajstić information content (AvgIpc) is 3.23. The molecule has 0 saturated carbocycles. The molecule has 0 bridgehead atoms. The van der Waals surface area contributed by atoms with Crippen LogP contribution in [0.3, 0.4) is 0 Å². The van der Waals surface area contributed by atoms with E-state index in [4.69, 9.17) is 9.47 Å². The molecule has 0 amide bonds. The van der Waals surface area contributed by atoms with Crippen LogP contribution in [0.25, 0.3) is 4.13 Å². The summed E-state index contributed by atoms with van der Waals surface area (Å²) in [6.07, 6.45) is 7.75. The lowest BCUT2D eigenvalue weighted by atomic mass is 10.0. The zero-order chi connectivity index (χ0) is 30.8. The first-order chi connectivity index (χ1) is 18.3. The van der Waals surface area contributed by atoms with Crippen LogP contribution in [-0.2, 0) is 52.7 Å². The van der Waals surface area contributed by atoms with Gasteiger partial charge < -0.3 is 13.6 Å². The summed E-state index contributed by atoms with van der Waals surface area (Å²) in [5.41, 5.74) is -11.5. The van der Waals surface area contributed by atoms with E-state index in [1.807, 2.05) is 48.1 Å². The number of esters is 2. The minimum atomic E-state index is -6.72. The molecule has 40 heavy (non-hydrogen) atoms. The van der Waals surface area contributed by atoms with E-state index in [1.54, 1.807) is 17.1 Å². The summed E-state index contributed by atoms with van der Waals surface area (Å²) >= 11 is 0. The largest absolute Gasteiger partial charge is 0.480 e. The van der Waals surface area contributed by atoms with Crippen LogP contribution in [0.2, 0.25) is 0 Å². The van der Waals surface area contributed by atoms with Gasteiger partial charge in [0.2, 0.25) is 6.33 Å². The van der Waals surface area contributed by atoms with E-state index < -0.39 is 43.0 Å². The number of sulfonamides is 2. The van der Waals surface area contributed by atoms with Crippen molar-refractivity contribution in [2.24, 2.45) is 7.05 Å². The van der Waals surface area contributed by atoms with Crippen LogP contribution in [0.1, 0.15) is 37.9 Å². The summed E-state index contributed by atoms with van der Waals surface area (Å²) in [6.45, 7) is 1.78. The first-order valence-corrected chi connectivity index (χ1v) is 13.9. The van der Waals surface area contributed by atoms with Gasteiger partial charge in [-0.05, 0) is 18.4 Å². The van der Waals surface area contributed by atoms with Crippen molar-refractivity contribution in [2.45, 2.75) is 49.9 Å². The quantitative estimate of drug-likeness (QED) is 0.210. The molecule has 1 aromatic heterocycles. The predicted molar refractivity (Wildman–Crippen MR) is 125 cm³/mol. The molecule has 1 atom stereocenters. The summed E-state index contributed by atoms with van der Waals surface area (Å²) in [5, 5.41) is 0. The normalized spacial score (nSPS) is 13.1. The van der Waals surface area contributed by atoms with Gasteiger partial charge in [-0.25, -0.2) is 35.6 Å². The molecule has 1 unspecified atom stereocenters. The number of carbonyl (C=O) groups excluding carboxylic acids is 2. The highest BCUT2D eigenvalue weighted by Gasteiger charge is 2.46. The number of unbranched alkanes of at least 4 members (excludes halogenated alkanes) is 1. The molecule has 0 aliphatic carbocycles. The van der Waals surface area contributed by atoms with Crippen molar-refractivity contribution in [2.75, 3.05) is 6.61 Å². The lowest BCUT2D eigenvalue weighted by Crippen LogP contribution is -2.30. The van der Waals surface area contributed by atoms with Crippen molar-refractivity contribution in [1.29, 1.82) is 0 Å². The standard InChI is InChI=1S/C19H25N2O4.C2F6NO4S2/c1-3-4-10-17(16-8-6-5-7-9-16)25-19(23)14-24-18(22)13-21-12-11-20(2)15-21;3-1(4,5)14(10,11)9-15(12,13)2(6,7)8/h5-9,11-12,15,17H,3-4,10,13-14H2,1-2H3;/q+1;-1. The highest BCUT2D eigenvalue weighted by Crippen LogP contribution is 2.36. The number of aromatic nitrogens is 2. The molecule has 0 aliphatic heterocycles. The van der Waals surface area contributed by atoms with Crippen LogP contribution in [0.15, 0.2) is 49.1 Å². The van der Waals surface area contributed by atoms with E-state index in [-0.39, 0.29) is 19.3 Å². The molecule has 0 radical (unpaired) electrons. The molecule has 226 valence electrons. The van der Waals surface area contributed by atoms with Gasteiger partial charge in [0.15, 0.2) is 33.2 Å². The van der Waals surface area contributed by atoms with Gasteiger partial charge in [0.05, 0.1) is 7.05 Å². The fourth-order valence-corrected chi connectivity index (χ4v) is 4.40. The highest BCUT2D eigenvalue weighted by molar-refractivity contribution is 8.13. The number of carbonyl (C=O) groups is 2. The van der Waals surface area contributed by atoms with Gasteiger partial charge in [-0.2, -0.15) is 26.3 Å². The number of hydrogen-bond donors (Lipinski definition) is 0. The number of hydrogen-bond acceptors (Lipinski definition) is 8. The Hall–Kier alpha value is -3.19. The summed E-state index contributed by atoms with van der Waals surface area (Å²) in [4.78, 5) is 23.8. The Morgan fingerprint density at radius 3 is 1.98 bits per heavy atom. The number of benzene rings is 1. The number of imidazole rings is 1. The molecule has 19 heteroatoms. The Morgan fingerprint density at radius 2 is 1.52 bits per heavy atom. The van der Waals surface area contributed by atoms with E-state index in [0.29, 0.717) is 0 Å². The molecule has 1 aromatic carbocycles. The molecule has 2 rings (SSSR count). The molecular weight excluding hydrogens is 600 g/mol. The van der Waals surface area contributed by atoms with Gasteiger partial charge >= 0.3 is 23.0 Å². The van der Waals surface area contributed by atoms with Gasteiger partial charge in [0.1, 0.15) is 18.5 Å². The Kier molecular flexibility index (Phi) is 12.6. The minimum absolute atomic E-state index is 0.0616. The smallest absolute Gasteiger partial charge is 0.455 e. The van der Waals surface area contributed by atoms with Crippen molar-refractivity contribution in [3.8, 4) is 0 Å². The summed E-state index contributed by atoms with van der Waals surface area (Å²) < 4.78 is 123. The SMILES string of the molecule is CCCCC(OC(=O)COC(=O)Cn1cc[n+](C)c1)c1ccccc1.O=S(=O)([N-]S(=O)(=O)C(F)(F)F)C(F)(F)F. The maximum atomic E-state index is 12.0. The second kappa shape index (κ2) is 14.4. The fraction of sp³-hybridized carbons (Fsp3) is 0.476. The van der Waals surface area contributed by atoms with Crippen LogP contribution in [0.5, 0.6) is 0 Å². The van der Waals surface area contributed by atoms with Crippen LogP contribution in [-0.4, -0.2) is 51.0 Å². The van der Waals surface area contributed by atoms with Gasteiger partial charge in [-0.15, -0.1) is 0 Å². The molecule has 11 nitrogen and oxygen atoms in total. The maximum Gasteiger partial charge on any atom is 0.480 e. The Morgan fingerprint density at radius 1 is 0.975 bits per heavy atom. The Bertz CT molecular complexity index is 1290. The van der Waals surface area contributed by atoms with Crippen LogP contribution in [0, 0.1) is 0 Å². The number of aryl methyl sites for hydroxylation is 1. The monoisotopic (exact) mass is 625 g/mol. The molecular formula is C21H25F6N3O8S2. The fourth-order valence-electron chi connectivity index (χ4n) is 2.69. The molecule has 1 heterocycles. The van der Waals surface area contributed by atoms with Gasteiger partial charge in [0, 0.05) is 0 Å². The van der Waals surface area contributed by atoms with E-state index >= 15 is 0 Å². The molecule has 0 N–H and O–H groups in total. The number of ether oxygens (including phenoxy) is 2. The predicted octanol–water partition coefficient (Wildman–Crippen LogP) is 3.39. The van der Waals surface area contributed by atoms with E-state index in [1.165, 1.54) is 0 Å². The maximum absolute atomic E-state index is 12.0. The topological polar surface area (TPSA) is 144 Å². The zero-order valence-corrected chi connectivity index (χ0v) is 22.6. The zero-order valence-electron chi connectivity index (χ0n) is 20.9. The first kappa shape index (κ1) is 34.8. The van der Waals surface area contributed by atoms with Crippen LogP contribution < -0.4 is 4.57 Å². The van der Waals surface area contributed by atoms with Crippen LogP contribution in [0.4, 0.5) is 26.3 Å². The lowest BCUT2D eigenvalue weighted by Gasteiger charge is -2.22. The second-order valence-corrected chi connectivity index (χ2v) is 11.3. The van der Waals surface area contributed by atoms with Crippen molar-refractivity contribution in [3.05, 3.63) is 58.7 Å². The van der Waals surface area contributed by atoms with Crippen LogP contribution >= 0.6 is 0 Å². The minimum Gasteiger partial charge on any atom is -0.455 e. The third-order valence-corrected chi connectivity index (χ3v) is 7.27. The second-order valence-electron chi connectivity index (χ2n) is 7.86. The Labute approximate surface area is 225 Å². The molecule has 2 aromatic rings. The van der Waals surface area contributed by atoms with E-state index in [0.717, 1.165) is 29.0 Å². The van der Waals surface area contributed by atoms with Crippen molar-refractivity contribution < 1.29 is 66.8 Å². The third-order valence-electron chi connectivity index (χ3n) is 4.53. The summed E-state index contributed by atoms with van der Waals surface area (Å²) in [5.74, 6) is -1.01. The summed E-state index contributed by atoms with van der Waals surface area (Å²) in [6, 6.07) is 9.63. The first-order valence-electron chi connectivity index (χ1n) is 11.1. The van der Waals surface area contributed by atoms with Gasteiger partial charge in [0.25, 0.3) is 0 Å². The summed E-state index contributed by atoms with van der Waals surface area (Å²) in [7, 11) is -11.6. The van der Waals surface area contributed by atoms with Gasteiger partial charge in [-0.3, -0.25) is 0 Å². The van der Waals surface area contributed by atoms with Gasteiger partial charge in [-0.1, -0.05) is 43.7 Å². The highest BCUT2D eigenvalue weighted by atomic mass is 32.3. The number of rotatable bonds is 11. The third kappa shape index (κ3) is 11.5. The van der Waals surface area contributed by atoms with Crippen molar-refractivity contribution >= 4 is 32.0 Å². The molecule has 0 fully saturated rings. The van der Waals surface area contributed by atoms with Crippen molar-refractivity contribution in [1.82, 2.24) is 4.57 Å². The number of halogens is 6. The lowest BCUT2D eigenvalue weighted by molar-refractivity contribution is -0.671.